The minimum Gasteiger partial charge on any atom is -0.361 e. The number of aryl methyl sites for hydroxylation is 1. The number of benzene rings is 2. The number of nitro groups is 1. The van der Waals surface area contributed by atoms with Crippen LogP contribution >= 0.6 is 0 Å². The highest BCUT2D eigenvalue weighted by Crippen LogP contribution is 2.29. The lowest BCUT2D eigenvalue weighted by Gasteiger charge is -2.28. The van der Waals surface area contributed by atoms with E-state index in [0.29, 0.717) is 16.7 Å². The largest absolute Gasteiger partial charge is 0.361 e. The molecule has 0 saturated heterocycles. The van der Waals surface area contributed by atoms with Crippen LogP contribution in [0.25, 0.3) is 0 Å². The summed E-state index contributed by atoms with van der Waals surface area (Å²) in [6.07, 6.45) is -0.480. The number of nitrogens with zero attached hydrogens (tertiary/aromatic N) is 1. The van der Waals surface area contributed by atoms with Gasteiger partial charge in [0.25, 0.3) is 11.6 Å². The molecule has 2 N–H and O–H groups in total. The van der Waals surface area contributed by atoms with Crippen LogP contribution in [0.3, 0.4) is 0 Å². The van der Waals surface area contributed by atoms with E-state index in [-0.39, 0.29) is 11.6 Å². The molecule has 1 aliphatic rings. The Hall–Kier alpha value is -2.89. The molecular weight excluding hydrogens is 270 g/mol. The maximum absolute atomic E-state index is 12.1. The normalized spacial score (nSPS) is 16.6. The molecule has 0 saturated carbocycles. The lowest BCUT2D eigenvalue weighted by molar-refractivity contribution is -0.385. The zero-order valence-electron chi connectivity index (χ0n) is 11.3. The molecule has 2 aromatic carbocycles. The highest BCUT2D eigenvalue weighted by atomic mass is 16.6. The number of amides is 1. The van der Waals surface area contributed by atoms with Gasteiger partial charge >= 0.3 is 0 Å². The van der Waals surface area contributed by atoms with Crippen LogP contribution in [0.15, 0.2) is 42.5 Å². The summed E-state index contributed by atoms with van der Waals surface area (Å²) in [7, 11) is 0. The Bertz CT molecular complexity index is 743. The minimum absolute atomic E-state index is 0.0439. The molecule has 0 fully saturated rings. The molecule has 0 spiro atoms. The van der Waals surface area contributed by atoms with E-state index in [1.165, 1.54) is 6.07 Å². The molecule has 0 aliphatic carbocycles. The highest BCUT2D eigenvalue weighted by Gasteiger charge is 2.25. The zero-order valence-corrected chi connectivity index (χ0v) is 11.3. The predicted molar refractivity (Wildman–Crippen MR) is 78.1 cm³/mol. The van der Waals surface area contributed by atoms with E-state index < -0.39 is 11.1 Å². The van der Waals surface area contributed by atoms with Gasteiger partial charge in [-0.25, -0.2) is 0 Å². The lowest BCUT2D eigenvalue weighted by Crippen LogP contribution is -2.38. The van der Waals surface area contributed by atoms with Gasteiger partial charge in [-0.05, 0) is 19.1 Å². The van der Waals surface area contributed by atoms with E-state index in [9.17, 15) is 14.9 Å². The Kier molecular flexibility index (Phi) is 3.06. The number of carbonyl (C=O) groups excluding carboxylic acids is 1. The topological polar surface area (TPSA) is 84.3 Å². The van der Waals surface area contributed by atoms with Gasteiger partial charge in [-0.1, -0.05) is 24.3 Å². The van der Waals surface area contributed by atoms with Crippen molar-refractivity contribution in [1.29, 1.82) is 0 Å². The van der Waals surface area contributed by atoms with Crippen molar-refractivity contribution in [3.63, 3.8) is 0 Å². The molecule has 2 aromatic rings. The van der Waals surface area contributed by atoms with Crippen LogP contribution in [0.4, 0.5) is 11.4 Å². The van der Waals surface area contributed by atoms with Gasteiger partial charge in [0, 0.05) is 22.9 Å². The number of hydrogen-bond donors (Lipinski definition) is 2. The molecule has 0 radical (unpaired) electrons. The smallest absolute Gasteiger partial charge is 0.272 e. The second-order valence-electron chi connectivity index (χ2n) is 4.90. The van der Waals surface area contributed by atoms with E-state index in [0.717, 1.165) is 5.69 Å². The molecule has 3 rings (SSSR count). The fraction of sp³-hybridized carbons (Fsp3) is 0.133. The van der Waals surface area contributed by atoms with E-state index >= 15 is 0 Å². The predicted octanol–water partition coefficient (Wildman–Crippen LogP) is 2.76. The Morgan fingerprint density at radius 2 is 1.90 bits per heavy atom. The van der Waals surface area contributed by atoms with Crippen molar-refractivity contribution in [3.05, 3.63) is 69.3 Å². The van der Waals surface area contributed by atoms with Gasteiger partial charge in [0.1, 0.15) is 6.17 Å². The summed E-state index contributed by atoms with van der Waals surface area (Å²) in [5.41, 5.74) is 2.56. The Labute approximate surface area is 120 Å². The monoisotopic (exact) mass is 283 g/mol. The van der Waals surface area contributed by atoms with Crippen molar-refractivity contribution in [1.82, 2.24) is 5.32 Å². The Balaban J connectivity index is 1.98. The third-order valence-electron chi connectivity index (χ3n) is 3.51. The van der Waals surface area contributed by atoms with E-state index in [1.807, 2.05) is 12.1 Å². The number of para-hydroxylation sites is 1. The quantitative estimate of drug-likeness (QED) is 0.655. The van der Waals surface area contributed by atoms with Gasteiger partial charge in [0.15, 0.2) is 0 Å². The average Bonchev–Trinajstić information content (AvgIpc) is 2.47. The van der Waals surface area contributed by atoms with Crippen molar-refractivity contribution in [2.45, 2.75) is 13.1 Å². The number of rotatable bonds is 2. The highest BCUT2D eigenvalue weighted by molar-refractivity contribution is 6.01. The van der Waals surface area contributed by atoms with Crippen LogP contribution in [0.1, 0.15) is 27.7 Å². The van der Waals surface area contributed by atoms with Crippen LogP contribution in [-0.2, 0) is 0 Å². The third kappa shape index (κ3) is 2.31. The van der Waals surface area contributed by atoms with Gasteiger partial charge < -0.3 is 10.6 Å². The number of fused-ring (bicyclic) bond motifs is 1. The maximum atomic E-state index is 12.1. The Morgan fingerprint density at radius 3 is 2.67 bits per heavy atom. The van der Waals surface area contributed by atoms with Crippen LogP contribution < -0.4 is 10.6 Å². The molecule has 106 valence electrons. The second kappa shape index (κ2) is 4.90. The standard InChI is InChI=1S/C15H13N3O3/c1-9-6-7-10(8-13(9)18(20)21)14-16-12-5-3-2-4-11(12)15(19)17-14/h2-8,14,16H,1H3,(H,17,19). The second-order valence-corrected chi connectivity index (χ2v) is 4.90. The van der Waals surface area contributed by atoms with Gasteiger partial charge in [-0.3, -0.25) is 14.9 Å². The van der Waals surface area contributed by atoms with Crippen molar-refractivity contribution < 1.29 is 9.72 Å². The first-order chi connectivity index (χ1) is 10.1. The van der Waals surface area contributed by atoms with Gasteiger partial charge in [-0.15, -0.1) is 0 Å². The molecule has 1 atom stereocenters. The van der Waals surface area contributed by atoms with E-state index in [2.05, 4.69) is 10.6 Å². The van der Waals surface area contributed by atoms with E-state index in [1.54, 1.807) is 31.2 Å². The third-order valence-corrected chi connectivity index (χ3v) is 3.51. The summed E-state index contributed by atoms with van der Waals surface area (Å²) in [6.45, 7) is 1.68. The fourth-order valence-corrected chi connectivity index (χ4v) is 2.38. The molecule has 1 amide bonds. The number of nitrogens with one attached hydrogen (secondary N) is 2. The molecule has 0 bridgehead atoms. The summed E-state index contributed by atoms with van der Waals surface area (Å²) in [5.74, 6) is -0.197. The molecule has 6 nitrogen and oxygen atoms in total. The SMILES string of the molecule is Cc1ccc(C2NC(=O)c3ccccc3N2)cc1[N+](=O)[O-]. The summed E-state index contributed by atoms with van der Waals surface area (Å²) < 4.78 is 0. The first-order valence-corrected chi connectivity index (χ1v) is 6.47. The fourth-order valence-electron chi connectivity index (χ4n) is 2.38. The van der Waals surface area contributed by atoms with Crippen LogP contribution in [-0.4, -0.2) is 10.8 Å². The van der Waals surface area contributed by atoms with Crippen LogP contribution in [0, 0.1) is 17.0 Å². The Morgan fingerprint density at radius 1 is 1.14 bits per heavy atom. The number of hydrogen-bond acceptors (Lipinski definition) is 4. The van der Waals surface area contributed by atoms with Gasteiger partial charge in [0.05, 0.1) is 10.5 Å². The summed E-state index contributed by atoms with van der Waals surface area (Å²) in [6, 6.07) is 12.1. The first-order valence-electron chi connectivity index (χ1n) is 6.47. The van der Waals surface area contributed by atoms with Gasteiger partial charge in [-0.2, -0.15) is 0 Å². The van der Waals surface area contributed by atoms with Crippen LogP contribution in [0.5, 0.6) is 0 Å². The average molecular weight is 283 g/mol. The van der Waals surface area contributed by atoms with Crippen molar-refractivity contribution in [2.75, 3.05) is 5.32 Å². The summed E-state index contributed by atoms with van der Waals surface area (Å²) in [4.78, 5) is 22.7. The lowest BCUT2D eigenvalue weighted by atomic mass is 10.0. The number of nitro benzene ring substituents is 1. The zero-order chi connectivity index (χ0) is 15.0. The first kappa shape index (κ1) is 13.1. The maximum Gasteiger partial charge on any atom is 0.272 e. The van der Waals surface area contributed by atoms with Crippen molar-refractivity contribution in [3.8, 4) is 0 Å². The molecule has 6 heteroatoms. The molecular formula is C15H13N3O3. The molecule has 1 aliphatic heterocycles. The van der Waals surface area contributed by atoms with Crippen molar-refractivity contribution >= 4 is 17.3 Å². The number of anilines is 1. The molecule has 0 aromatic heterocycles. The van der Waals surface area contributed by atoms with Gasteiger partial charge in [0.2, 0.25) is 0 Å². The number of carbonyl (C=O) groups is 1. The van der Waals surface area contributed by atoms with Crippen molar-refractivity contribution in [2.24, 2.45) is 0 Å². The molecule has 21 heavy (non-hydrogen) atoms. The molecule has 1 unspecified atom stereocenters. The molecule has 1 heterocycles. The summed E-state index contributed by atoms with van der Waals surface area (Å²) in [5, 5.41) is 17.0. The minimum atomic E-state index is -0.480. The summed E-state index contributed by atoms with van der Waals surface area (Å²) >= 11 is 0. The van der Waals surface area contributed by atoms with E-state index in [4.69, 9.17) is 0 Å². The van der Waals surface area contributed by atoms with Crippen LogP contribution in [0.2, 0.25) is 0 Å².